The first-order valence-electron chi connectivity index (χ1n) is 6.47. The van der Waals surface area contributed by atoms with Crippen LogP contribution in [0, 0.1) is 4.91 Å². The van der Waals surface area contributed by atoms with Crippen LogP contribution in [0.15, 0.2) is 57.0 Å². The molecule has 0 aliphatic heterocycles. The maximum atomic E-state index is 12.2. The fraction of sp³-hybridized carbons (Fsp3) is 0. The van der Waals surface area contributed by atoms with Gasteiger partial charge in [0.25, 0.3) is 5.56 Å². The number of H-pyrrole nitrogens is 1. The van der Waals surface area contributed by atoms with Gasteiger partial charge in [-0.15, -0.1) is 4.91 Å². The Kier molecular flexibility index (Phi) is 2.59. The molecule has 7 nitrogen and oxygen atoms in total. The molecule has 1 aromatic carbocycles. The van der Waals surface area contributed by atoms with Crippen molar-refractivity contribution in [3.05, 3.63) is 57.9 Å². The SMILES string of the molecule is O=Nc1ccc(-c2nc3c(oc4ncccc43)c(=O)[nH]2)cc1. The summed E-state index contributed by atoms with van der Waals surface area (Å²) in [4.78, 5) is 33.8. The molecule has 0 aliphatic carbocycles. The summed E-state index contributed by atoms with van der Waals surface area (Å²) in [6, 6.07) is 10.0. The average Bonchev–Trinajstić information content (AvgIpc) is 2.94. The number of nitrogens with one attached hydrogen (secondary N) is 1. The Hall–Kier alpha value is -3.35. The van der Waals surface area contributed by atoms with E-state index in [1.54, 1.807) is 42.6 Å². The van der Waals surface area contributed by atoms with Crippen LogP contribution in [0.4, 0.5) is 5.69 Å². The minimum atomic E-state index is -0.379. The molecule has 4 rings (SSSR count). The maximum absolute atomic E-state index is 12.2. The number of hydrogen-bond donors (Lipinski definition) is 1. The van der Waals surface area contributed by atoms with Crippen molar-refractivity contribution in [3.8, 4) is 11.4 Å². The Balaban J connectivity index is 2.00. The van der Waals surface area contributed by atoms with E-state index in [2.05, 4.69) is 20.1 Å². The fourth-order valence-electron chi connectivity index (χ4n) is 2.31. The van der Waals surface area contributed by atoms with Crippen LogP contribution in [-0.2, 0) is 0 Å². The van der Waals surface area contributed by atoms with Gasteiger partial charge in [-0.3, -0.25) is 4.79 Å². The highest BCUT2D eigenvalue weighted by Gasteiger charge is 2.14. The van der Waals surface area contributed by atoms with E-state index in [1.165, 1.54) is 0 Å². The van der Waals surface area contributed by atoms with Gasteiger partial charge in [-0.05, 0) is 41.6 Å². The summed E-state index contributed by atoms with van der Waals surface area (Å²) < 4.78 is 5.44. The molecule has 1 N–H and O–H groups in total. The highest BCUT2D eigenvalue weighted by molar-refractivity contribution is 6.00. The van der Waals surface area contributed by atoms with E-state index >= 15 is 0 Å². The highest BCUT2D eigenvalue weighted by atomic mass is 16.3. The smallest absolute Gasteiger partial charge is 0.294 e. The molecule has 4 aromatic rings. The molecule has 3 heterocycles. The maximum Gasteiger partial charge on any atom is 0.294 e. The van der Waals surface area contributed by atoms with E-state index in [0.717, 1.165) is 0 Å². The Labute approximate surface area is 122 Å². The van der Waals surface area contributed by atoms with Crippen LogP contribution >= 0.6 is 0 Å². The van der Waals surface area contributed by atoms with E-state index in [1.807, 2.05) is 0 Å². The van der Waals surface area contributed by atoms with Gasteiger partial charge < -0.3 is 9.40 Å². The first-order valence-corrected chi connectivity index (χ1v) is 6.47. The summed E-state index contributed by atoms with van der Waals surface area (Å²) in [5.74, 6) is 0.390. The number of hydrogen-bond acceptors (Lipinski definition) is 6. The topological polar surface area (TPSA) is 101 Å². The normalized spacial score (nSPS) is 11.1. The largest absolute Gasteiger partial charge is 0.430 e. The number of aromatic amines is 1. The monoisotopic (exact) mass is 292 g/mol. The summed E-state index contributed by atoms with van der Waals surface area (Å²) in [5.41, 5.74) is 1.57. The lowest BCUT2D eigenvalue weighted by molar-refractivity contribution is 0.647. The van der Waals surface area contributed by atoms with Gasteiger partial charge in [-0.2, -0.15) is 0 Å². The van der Waals surface area contributed by atoms with E-state index in [0.29, 0.717) is 33.7 Å². The first kappa shape index (κ1) is 12.4. The summed E-state index contributed by atoms with van der Waals surface area (Å²) in [6.07, 6.45) is 1.59. The minimum absolute atomic E-state index is 0.142. The van der Waals surface area contributed by atoms with Crippen LogP contribution in [0.25, 0.3) is 33.6 Å². The van der Waals surface area contributed by atoms with E-state index in [-0.39, 0.29) is 11.1 Å². The molecule has 0 aliphatic rings. The van der Waals surface area contributed by atoms with Crippen molar-refractivity contribution in [2.75, 3.05) is 0 Å². The van der Waals surface area contributed by atoms with Gasteiger partial charge in [-0.25, -0.2) is 9.97 Å². The summed E-state index contributed by atoms with van der Waals surface area (Å²) >= 11 is 0. The van der Waals surface area contributed by atoms with Crippen molar-refractivity contribution in [3.63, 3.8) is 0 Å². The predicted octanol–water partition coefficient (Wildman–Crippen LogP) is 3.13. The van der Waals surface area contributed by atoms with Crippen LogP contribution in [0.3, 0.4) is 0 Å². The third-order valence-corrected chi connectivity index (χ3v) is 3.35. The third-order valence-electron chi connectivity index (χ3n) is 3.35. The molecule has 7 heteroatoms. The van der Waals surface area contributed by atoms with Gasteiger partial charge in [0.1, 0.15) is 17.0 Å². The zero-order valence-electron chi connectivity index (χ0n) is 11.1. The number of nitrogens with zero attached hydrogens (tertiary/aromatic N) is 3. The number of nitroso groups, excluding NO2 is 1. The van der Waals surface area contributed by atoms with Crippen LogP contribution in [-0.4, -0.2) is 15.0 Å². The van der Waals surface area contributed by atoms with Crippen LogP contribution < -0.4 is 5.56 Å². The second kappa shape index (κ2) is 4.59. The Morgan fingerprint density at radius 2 is 1.95 bits per heavy atom. The van der Waals surface area contributed by atoms with Crippen LogP contribution in [0.2, 0.25) is 0 Å². The molecule has 106 valence electrons. The van der Waals surface area contributed by atoms with Crippen molar-refractivity contribution in [2.24, 2.45) is 5.18 Å². The van der Waals surface area contributed by atoms with Crippen LogP contribution in [0.5, 0.6) is 0 Å². The Morgan fingerprint density at radius 1 is 1.14 bits per heavy atom. The molecular formula is C15H8N4O3. The van der Waals surface area contributed by atoms with Crippen molar-refractivity contribution in [2.45, 2.75) is 0 Å². The average molecular weight is 292 g/mol. The molecule has 0 bridgehead atoms. The second-order valence-electron chi connectivity index (χ2n) is 4.69. The van der Waals surface area contributed by atoms with Crippen molar-refractivity contribution in [1.29, 1.82) is 0 Å². The number of furan rings is 1. The lowest BCUT2D eigenvalue weighted by Gasteiger charge is -2.00. The van der Waals surface area contributed by atoms with Gasteiger partial charge in [0, 0.05) is 11.8 Å². The Bertz CT molecular complexity index is 1060. The lowest BCUT2D eigenvalue weighted by Crippen LogP contribution is -2.08. The summed E-state index contributed by atoms with van der Waals surface area (Å²) in [7, 11) is 0. The van der Waals surface area contributed by atoms with E-state index < -0.39 is 0 Å². The number of pyridine rings is 1. The van der Waals surface area contributed by atoms with E-state index in [9.17, 15) is 9.70 Å². The molecule has 0 saturated carbocycles. The molecule has 0 spiro atoms. The van der Waals surface area contributed by atoms with Gasteiger partial charge in [0.05, 0.1) is 5.39 Å². The number of fused-ring (bicyclic) bond motifs is 3. The van der Waals surface area contributed by atoms with Crippen molar-refractivity contribution < 1.29 is 4.42 Å². The van der Waals surface area contributed by atoms with Crippen molar-refractivity contribution in [1.82, 2.24) is 15.0 Å². The van der Waals surface area contributed by atoms with Gasteiger partial charge in [0.2, 0.25) is 11.3 Å². The second-order valence-corrected chi connectivity index (χ2v) is 4.69. The van der Waals surface area contributed by atoms with Crippen LogP contribution in [0.1, 0.15) is 0 Å². The molecule has 0 fully saturated rings. The lowest BCUT2D eigenvalue weighted by atomic mass is 10.2. The van der Waals surface area contributed by atoms with Gasteiger partial charge in [0.15, 0.2) is 0 Å². The number of aromatic nitrogens is 3. The predicted molar refractivity (Wildman–Crippen MR) is 80.8 cm³/mol. The zero-order chi connectivity index (χ0) is 15.1. The number of rotatable bonds is 2. The van der Waals surface area contributed by atoms with Gasteiger partial charge >= 0.3 is 0 Å². The highest BCUT2D eigenvalue weighted by Crippen LogP contribution is 2.25. The molecule has 22 heavy (non-hydrogen) atoms. The molecule has 3 aromatic heterocycles. The summed E-state index contributed by atoms with van der Waals surface area (Å²) in [6.45, 7) is 0. The fourth-order valence-corrected chi connectivity index (χ4v) is 2.31. The number of benzene rings is 1. The molecule has 0 saturated heterocycles. The molecule has 0 radical (unpaired) electrons. The van der Waals surface area contributed by atoms with Crippen molar-refractivity contribution >= 4 is 27.9 Å². The molecular weight excluding hydrogens is 284 g/mol. The summed E-state index contributed by atoms with van der Waals surface area (Å²) in [5, 5.41) is 3.52. The van der Waals surface area contributed by atoms with Gasteiger partial charge in [-0.1, -0.05) is 0 Å². The minimum Gasteiger partial charge on any atom is -0.430 e. The zero-order valence-corrected chi connectivity index (χ0v) is 11.1. The standard InChI is InChI=1S/C15H8N4O3/c20-14-12-11(10-2-1-7-16-15(10)22-12)17-13(18-14)8-3-5-9(19-21)6-4-8/h1-7H,(H,17,18,20). The Morgan fingerprint density at radius 3 is 2.73 bits per heavy atom. The first-order chi connectivity index (χ1) is 10.8. The molecule has 0 unspecified atom stereocenters. The third kappa shape index (κ3) is 1.80. The molecule has 0 atom stereocenters. The molecule has 0 amide bonds. The van der Waals surface area contributed by atoms with E-state index in [4.69, 9.17) is 4.42 Å². The quantitative estimate of drug-likeness (QED) is 0.572.